The SMILES string of the molecule is Cn1c(C(F)(F)F)ccc(C(=O)N(N)C(C)(C)C)c1=O. The normalized spacial score (nSPS) is 12.4. The van der Waals surface area contributed by atoms with Crippen LogP contribution in [-0.4, -0.2) is 21.0 Å². The molecular weight excluding hydrogens is 275 g/mol. The molecule has 0 saturated heterocycles. The molecule has 0 fully saturated rings. The summed E-state index contributed by atoms with van der Waals surface area (Å²) < 4.78 is 38.3. The molecule has 0 aromatic carbocycles. The lowest BCUT2D eigenvalue weighted by Gasteiger charge is -2.31. The minimum Gasteiger partial charge on any atom is -0.307 e. The van der Waals surface area contributed by atoms with E-state index in [0.29, 0.717) is 10.6 Å². The highest BCUT2D eigenvalue weighted by Gasteiger charge is 2.35. The highest BCUT2D eigenvalue weighted by molar-refractivity contribution is 5.93. The molecule has 1 rings (SSSR count). The molecule has 0 saturated carbocycles. The lowest BCUT2D eigenvalue weighted by atomic mass is 10.1. The zero-order valence-electron chi connectivity index (χ0n) is 11.6. The largest absolute Gasteiger partial charge is 0.431 e. The van der Waals surface area contributed by atoms with E-state index in [-0.39, 0.29) is 0 Å². The standard InChI is InChI=1S/C12H16F3N3O2/c1-11(2,3)18(16)10(20)7-5-6-8(12(13,14)15)17(4)9(7)19/h5-6H,16H2,1-4H3. The zero-order valence-corrected chi connectivity index (χ0v) is 11.6. The average molecular weight is 291 g/mol. The Labute approximate surface area is 113 Å². The summed E-state index contributed by atoms with van der Waals surface area (Å²) in [4.78, 5) is 23.9. The van der Waals surface area contributed by atoms with Crippen LogP contribution in [0.5, 0.6) is 0 Å². The number of hydrogen-bond acceptors (Lipinski definition) is 3. The first-order valence-electron chi connectivity index (χ1n) is 5.74. The van der Waals surface area contributed by atoms with E-state index in [1.165, 1.54) is 0 Å². The van der Waals surface area contributed by atoms with Crippen LogP contribution in [-0.2, 0) is 13.2 Å². The molecule has 112 valence electrons. The number of carbonyl (C=O) groups excluding carboxylic acids is 1. The summed E-state index contributed by atoms with van der Waals surface area (Å²) in [5.41, 5.74) is -3.33. The average Bonchev–Trinajstić information content (AvgIpc) is 2.27. The van der Waals surface area contributed by atoms with Crippen molar-refractivity contribution in [2.45, 2.75) is 32.5 Å². The number of alkyl halides is 3. The molecule has 0 atom stereocenters. The number of hydrogen-bond donors (Lipinski definition) is 1. The summed E-state index contributed by atoms with van der Waals surface area (Å²) in [5.74, 6) is 4.76. The number of hydrazine groups is 1. The topological polar surface area (TPSA) is 68.3 Å². The van der Waals surface area contributed by atoms with Crippen LogP contribution < -0.4 is 11.4 Å². The molecule has 0 aliphatic rings. The molecule has 1 aromatic heterocycles. The van der Waals surface area contributed by atoms with Crippen LogP contribution >= 0.6 is 0 Å². The Kier molecular flexibility index (Phi) is 4.00. The molecule has 0 spiro atoms. The van der Waals surface area contributed by atoms with Crippen molar-refractivity contribution >= 4 is 5.91 Å². The summed E-state index contributed by atoms with van der Waals surface area (Å²) >= 11 is 0. The Balaban J connectivity index is 3.35. The maximum Gasteiger partial charge on any atom is 0.431 e. The van der Waals surface area contributed by atoms with Crippen molar-refractivity contribution < 1.29 is 18.0 Å². The van der Waals surface area contributed by atoms with Gasteiger partial charge in [0.15, 0.2) is 0 Å². The van der Waals surface area contributed by atoms with Crippen molar-refractivity contribution in [3.8, 4) is 0 Å². The van der Waals surface area contributed by atoms with Gasteiger partial charge in [-0.3, -0.25) is 14.6 Å². The number of pyridine rings is 1. The fraction of sp³-hybridized carbons (Fsp3) is 0.500. The predicted octanol–water partition coefficient (Wildman–Crippen LogP) is 1.52. The van der Waals surface area contributed by atoms with Gasteiger partial charge in [0.1, 0.15) is 11.3 Å². The van der Waals surface area contributed by atoms with E-state index < -0.39 is 34.4 Å². The van der Waals surface area contributed by atoms with Gasteiger partial charge in [-0.15, -0.1) is 0 Å². The summed E-state index contributed by atoms with van der Waals surface area (Å²) in [6.07, 6.45) is -4.66. The summed E-state index contributed by atoms with van der Waals surface area (Å²) in [6, 6.07) is 1.53. The highest BCUT2D eigenvalue weighted by atomic mass is 19.4. The number of carbonyl (C=O) groups is 1. The second kappa shape index (κ2) is 4.93. The number of halogens is 3. The van der Waals surface area contributed by atoms with Gasteiger partial charge in [-0.25, -0.2) is 5.84 Å². The van der Waals surface area contributed by atoms with Crippen LogP contribution in [0.3, 0.4) is 0 Å². The molecule has 20 heavy (non-hydrogen) atoms. The minimum atomic E-state index is -4.66. The molecule has 5 nitrogen and oxygen atoms in total. The van der Waals surface area contributed by atoms with Crippen molar-refractivity contribution in [3.05, 3.63) is 33.7 Å². The Morgan fingerprint density at radius 3 is 2.15 bits per heavy atom. The molecule has 1 heterocycles. The summed E-state index contributed by atoms with van der Waals surface area (Å²) in [5, 5.41) is 0.816. The van der Waals surface area contributed by atoms with E-state index in [1.807, 2.05) is 0 Å². The first-order valence-corrected chi connectivity index (χ1v) is 5.74. The van der Waals surface area contributed by atoms with Crippen LogP contribution in [0.25, 0.3) is 0 Å². The summed E-state index contributed by atoms with van der Waals surface area (Å²) in [6.45, 7) is 4.92. The molecule has 8 heteroatoms. The van der Waals surface area contributed by atoms with Gasteiger partial charge in [0.25, 0.3) is 11.5 Å². The first-order chi connectivity index (χ1) is 8.87. The molecule has 1 amide bonds. The van der Waals surface area contributed by atoms with Crippen molar-refractivity contribution in [2.24, 2.45) is 12.9 Å². The highest BCUT2D eigenvalue weighted by Crippen LogP contribution is 2.28. The maximum absolute atomic E-state index is 12.6. The van der Waals surface area contributed by atoms with Crippen LogP contribution in [0.15, 0.2) is 16.9 Å². The molecule has 0 bridgehead atoms. The van der Waals surface area contributed by atoms with E-state index in [0.717, 1.165) is 18.1 Å². The number of rotatable bonds is 1. The van der Waals surface area contributed by atoms with Gasteiger partial charge < -0.3 is 4.57 Å². The molecule has 0 aliphatic carbocycles. The fourth-order valence-corrected chi connectivity index (χ4v) is 1.52. The number of aromatic nitrogens is 1. The second-order valence-corrected chi connectivity index (χ2v) is 5.34. The molecule has 0 aliphatic heterocycles. The van der Waals surface area contributed by atoms with Crippen molar-refractivity contribution in [2.75, 3.05) is 0 Å². The lowest BCUT2D eigenvalue weighted by Crippen LogP contribution is -2.52. The monoisotopic (exact) mass is 291 g/mol. The van der Waals surface area contributed by atoms with Crippen molar-refractivity contribution in [3.63, 3.8) is 0 Å². The molecular formula is C12H16F3N3O2. The van der Waals surface area contributed by atoms with Gasteiger partial charge in [-0.05, 0) is 32.9 Å². The van der Waals surface area contributed by atoms with Crippen LogP contribution in [0.1, 0.15) is 36.8 Å². The van der Waals surface area contributed by atoms with Gasteiger partial charge in [0.2, 0.25) is 0 Å². The maximum atomic E-state index is 12.6. The second-order valence-electron chi connectivity index (χ2n) is 5.34. The van der Waals surface area contributed by atoms with Crippen LogP contribution in [0.2, 0.25) is 0 Å². The van der Waals surface area contributed by atoms with E-state index in [4.69, 9.17) is 5.84 Å². The van der Waals surface area contributed by atoms with Gasteiger partial charge >= 0.3 is 6.18 Å². The van der Waals surface area contributed by atoms with Gasteiger partial charge in [-0.1, -0.05) is 0 Å². The minimum absolute atomic E-state index is 0.393. The van der Waals surface area contributed by atoms with E-state index in [1.54, 1.807) is 20.8 Å². The first kappa shape index (κ1) is 16.2. The summed E-state index contributed by atoms with van der Waals surface area (Å²) in [7, 11) is 0.958. The molecule has 2 N–H and O–H groups in total. The van der Waals surface area contributed by atoms with Crippen LogP contribution in [0, 0.1) is 0 Å². The number of nitrogens with two attached hydrogens (primary N) is 1. The Hall–Kier alpha value is -1.83. The smallest absolute Gasteiger partial charge is 0.307 e. The number of amides is 1. The molecule has 1 aromatic rings. The molecule has 0 unspecified atom stereocenters. The van der Waals surface area contributed by atoms with Crippen LogP contribution in [0.4, 0.5) is 13.2 Å². The predicted molar refractivity (Wildman–Crippen MR) is 66.8 cm³/mol. The number of nitrogens with zero attached hydrogens (tertiary/aromatic N) is 2. The van der Waals surface area contributed by atoms with E-state index >= 15 is 0 Å². The third-order valence-corrected chi connectivity index (χ3v) is 2.77. The molecule has 0 radical (unpaired) electrons. The lowest BCUT2D eigenvalue weighted by molar-refractivity contribution is -0.143. The van der Waals surface area contributed by atoms with Crippen molar-refractivity contribution in [1.82, 2.24) is 9.58 Å². The van der Waals surface area contributed by atoms with Gasteiger partial charge in [0.05, 0.1) is 5.54 Å². The zero-order chi connectivity index (χ0) is 15.9. The van der Waals surface area contributed by atoms with Gasteiger partial charge in [-0.2, -0.15) is 13.2 Å². The Bertz CT molecular complexity index is 585. The third kappa shape index (κ3) is 3.01. The van der Waals surface area contributed by atoms with Gasteiger partial charge in [0, 0.05) is 7.05 Å². The fourth-order valence-electron chi connectivity index (χ4n) is 1.52. The quantitative estimate of drug-likeness (QED) is 0.484. The Morgan fingerprint density at radius 1 is 1.25 bits per heavy atom. The van der Waals surface area contributed by atoms with Crippen molar-refractivity contribution in [1.29, 1.82) is 0 Å². The Morgan fingerprint density at radius 2 is 1.75 bits per heavy atom. The van der Waals surface area contributed by atoms with E-state index in [2.05, 4.69) is 0 Å². The third-order valence-electron chi connectivity index (χ3n) is 2.77. The van der Waals surface area contributed by atoms with E-state index in [9.17, 15) is 22.8 Å².